The van der Waals surface area contributed by atoms with E-state index in [4.69, 9.17) is 0 Å². The lowest BCUT2D eigenvalue weighted by Crippen LogP contribution is -2.48. The third-order valence-corrected chi connectivity index (χ3v) is 7.11. The van der Waals surface area contributed by atoms with Crippen molar-refractivity contribution in [1.29, 1.82) is 0 Å². The van der Waals surface area contributed by atoms with Gasteiger partial charge in [0, 0.05) is 49.7 Å². The number of imidazole rings is 1. The molecule has 0 bridgehead atoms. The van der Waals surface area contributed by atoms with Crippen LogP contribution in [0.5, 0.6) is 0 Å². The van der Waals surface area contributed by atoms with Crippen molar-refractivity contribution < 1.29 is 18.0 Å². The van der Waals surface area contributed by atoms with Crippen LogP contribution in [-0.4, -0.2) is 55.1 Å². The molecule has 2 amide bonds. The van der Waals surface area contributed by atoms with Gasteiger partial charge in [0.15, 0.2) is 5.82 Å². The molecular formula is C29H30F3N7O. The predicted octanol–water partition coefficient (Wildman–Crippen LogP) is 5.89. The Morgan fingerprint density at radius 2 is 1.77 bits per heavy atom. The monoisotopic (exact) mass is 549 g/mol. The van der Waals surface area contributed by atoms with Crippen molar-refractivity contribution in [2.24, 2.45) is 0 Å². The number of nitrogens with zero attached hydrogens (tertiary/aromatic N) is 5. The Kier molecular flexibility index (Phi) is 8.11. The second-order valence-electron chi connectivity index (χ2n) is 9.89. The highest BCUT2D eigenvalue weighted by Crippen LogP contribution is 2.31. The molecule has 2 N–H and O–H groups in total. The molecule has 1 saturated heterocycles. The molecule has 8 nitrogen and oxygen atoms in total. The fourth-order valence-corrected chi connectivity index (χ4v) is 4.90. The van der Waals surface area contributed by atoms with Crippen molar-refractivity contribution in [1.82, 2.24) is 30.0 Å². The highest BCUT2D eigenvalue weighted by molar-refractivity contribution is 5.88. The van der Waals surface area contributed by atoms with Crippen molar-refractivity contribution in [2.75, 3.05) is 18.4 Å². The zero-order chi connectivity index (χ0) is 28.1. The second-order valence-corrected chi connectivity index (χ2v) is 9.89. The molecular weight excluding hydrogens is 519 g/mol. The molecule has 4 aromatic rings. The minimum absolute atomic E-state index is 0.0381. The number of urea groups is 1. The zero-order valence-corrected chi connectivity index (χ0v) is 22.0. The first kappa shape index (κ1) is 27.3. The summed E-state index contributed by atoms with van der Waals surface area (Å²) in [6.07, 6.45) is -1.24. The highest BCUT2D eigenvalue weighted by atomic mass is 19.4. The van der Waals surface area contributed by atoms with Crippen LogP contribution < -0.4 is 5.32 Å². The van der Waals surface area contributed by atoms with Gasteiger partial charge in [0.25, 0.3) is 0 Å². The van der Waals surface area contributed by atoms with Gasteiger partial charge in [0.05, 0.1) is 11.3 Å². The number of aromatic amines is 1. The Morgan fingerprint density at radius 3 is 2.42 bits per heavy atom. The number of amides is 2. The summed E-state index contributed by atoms with van der Waals surface area (Å²) in [5.74, 6) is 0.951. The molecule has 1 fully saturated rings. The number of halogens is 3. The van der Waals surface area contributed by atoms with E-state index in [2.05, 4.69) is 30.4 Å². The molecule has 0 unspecified atom stereocenters. The molecule has 5 rings (SSSR count). The van der Waals surface area contributed by atoms with Crippen LogP contribution in [0.25, 0.3) is 11.4 Å². The Labute approximate surface area is 230 Å². The van der Waals surface area contributed by atoms with Crippen LogP contribution in [0.2, 0.25) is 0 Å². The third-order valence-electron chi connectivity index (χ3n) is 7.11. The van der Waals surface area contributed by atoms with E-state index in [1.54, 1.807) is 18.3 Å². The lowest BCUT2D eigenvalue weighted by atomic mass is 10.0. The van der Waals surface area contributed by atoms with E-state index in [9.17, 15) is 18.0 Å². The number of nitrogens with one attached hydrogen (secondary N) is 2. The Balaban J connectivity index is 1.23. The Bertz CT molecular complexity index is 1400. The molecule has 1 aliphatic rings. The van der Waals surface area contributed by atoms with E-state index in [0.717, 1.165) is 55.0 Å². The number of hydrogen-bond acceptors (Lipinski definition) is 5. The lowest BCUT2D eigenvalue weighted by molar-refractivity contribution is -0.137. The number of aromatic nitrogens is 4. The molecule has 2 aromatic heterocycles. The van der Waals surface area contributed by atoms with Gasteiger partial charge >= 0.3 is 12.2 Å². The summed E-state index contributed by atoms with van der Waals surface area (Å²) >= 11 is 0. The quantitative estimate of drug-likeness (QED) is 0.300. The number of alkyl halides is 3. The Morgan fingerprint density at radius 1 is 1.05 bits per heavy atom. The fourth-order valence-electron chi connectivity index (χ4n) is 4.90. The summed E-state index contributed by atoms with van der Waals surface area (Å²) in [6.45, 7) is 4.56. The average molecular weight is 550 g/mol. The molecule has 2 aromatic carbocycles. The summed E-state index contributed by atoms with van der Waals surface area (Å²) in [5, 5.41) is 10.7. The number of carbonyl (C=O) groups excluding carboxylic acids is 1. The fraction of sp³-hybridized carbons (Fsp3) is 0.310. The van der Waals surface area contributed by atoms with Crippen LogP contribution in [-0.2, 0) is 19.3 Å². The van der Waals surface area contributed by atoms with Crippen molar-refractivity contribution in [3.8, 4) is 11.4 Å². The molecule has 1 aliphatic heterocycles. The standard InChI is InChI=1S/C29H30F3N7O/c1-20-25(35-27(34-20)22-9-11-23(12-10-22)29(30,31)32)19-38-16-13-24(14-17-38)39(18-21-6-3-2-4-7-21)28(40)36-26-8-5-15-33-37-26/h2-12,15,24H,13-14,16-19H2,1H3,(H,34,35)(H,36,37,40). The topological polar surface area (TPSA) is 90.0 Å². The van der Waals surface area contributed by atoms with E-state index in [1.165, 1.54) is 12.1 Å². The van der Waals surface area contributed by atoms with Gasteiger partial charge in [-0.15, -0.1) is 5.10 Å². The molecule has 0 saturated carbocycles. The van der Waals surface area contributed by atoms with Crippen molar-refractivity contribution in [2.45, 2.75) is 45.1 Å². The highest BCUT2D eigenvalue weighted by Gasteiger charge is 2.31. The second kappa shape index (κ2) is 11.9. The van der Waals surface area contributed by atoms with Gasteiger partial charge < -0.3 is 9.88 Å². The van der Waals surface area contributed by atoms with Crippen molar-refractivity contribution >= 4 is 11.8 Å². The molecule has 0 radical (unpaired) electrons. The van der Waals surface area contributed by atoms with Gasteiger partial charge in [0.1, 0.15) is 5.82 Å². The van der Waals surface area contributed by atoms with Crippen LogP contribution in [0.4, 0.5) is 23.8 Å². The number of rotatable bonds is 7. The van der Waals surface area contributed by atoms with E-state index < -0.39 is 11.7 Å². The molecule has 3 heterocycles. The first-order valence-corrected chi connectivity index (χ1v) is 13.1. The summed E-state index contributed by atoms with van der Waals surface area (Å²) in [6, 6.07) is 18.1. The smallest absolute Gasteiger partial charge is 0.342 e. The van der Waals surface area contributed by atoms with Crippen LogP contribution in [0, 0.1) is 6.92 Å². The van der Waals surface area contributed by atoms with Gasteiger partial charge in [-0.05, 0) is 49.6 Å². The van der Waals surface area contributed by atoms with Gasteiger partial charge in [0.2, 0.25) is 0 Å². The number of H-pyrrole nitrogens is 1. The average Bonchev–Trinajstić information content (AvgIpc) is 3.32. The first-order valence-electron chi connectivity index (χ1n) is 13.1. The minimum atomic E-state index is -4.37. The van der Waals surface area contributed by atoms with E-state index in [0.29, 0.717) is 30.3 Å². The maximum Gasteiger partial charge on any atom is 0.416 e. The van der Waals surface area contributed by atoms with E-state index in [-0.39, 0.29) is 12.1 Å². The van der Waals surface area contributed by atoms with Crippen LogP contribution >= 0.6 is 0 Å². The van der Waals surface area contributed by atoms with E-state index >= 15 is 0 Å². The lowest BCUT2D eigenvalue weighted by Gasteiger charge is -2.38. The Hall–Kier alpha value is -4.25. The molecule has 208 valence electrons. The van der Waals surface area contributed by atoms with Crippen LogP contribution in [0.1, 0.15) is 35.4 Å². The number of hydrogen-bond donors (Lipinski definition) is 2. The molecule has 11 heteroatoms. The third kappa shape index (κ3) is 6.66. The number of anilines is 1. The minimum Gasteiger partial charge on any atom is -0.342 e. The zero-order valence-electron chi connectivity index (χ0n) is 22.0. The van der Waals surface area contributed by atoms with Gasteiger partial charge in [-0.1, -0.05) is 42.5 Å². The summed E-state index contributed by atoms with van der Waals surface area (Å²) in [7, 11) is 0. The summed E-state index contributed by atoms with van der Waals surface area (Å²) in [4.78, 5) is 25.4. The SMILES string of the molecule is Cc1[nH]c(-c2ccc(C(F)(F)F)cc2)nc1CN1CCC(N(Cc2ccccc2)C(=O)Nc2cccnn2)CC1. The number of benzene rings is 2. The predicted molar refractivity (Wildman–Crippen MR) is 145 cm³/mol. The first-order chi connectivity index (χ1) is 19.3. The maximum atomic E-state index is 13.3. The van der Waals surface area contributed by atoms with Crippen molar-refractivity contribution in [3.05, 3.63) is 95.4 Å². The van der Waals surface area contributed by atoms with Gasteiger partial charge in [-0.2, -0.15) is 18.3 Å². The number of piperidine rings is 1. The molecule has 40 heavy (non-hydrogen) atoms. The largest absolute Gasteiger partial charge is 0.416 e. The maximum absolute atomic E-state index is 13.3. The number of aryl methyl sites for hydroxylation is 1. The molecule has 0 atom stereocenters. The van der Waals surface area contributed by atoms with E-state index in [1.807, 2.05) is 42.2 Å². The van der Waals surface area contributed by atoms with Crippen LogP contribution in [0.15, 0.2) is 72.9 Å². The van der Waals surface area contributed by atoms with Crippen molar-refractivity contribution in [3.63, 3.8) is 0 Å². The normalized spacial score (nSPS) is 14.7. The number of likely N-dealkylation sites (tertiary alicyclic amines) is 1. The van der Waals surface area contributed by atoms with Crippen LogP contribution in [0.3, 0.4) is 0 Å². The summed E-state index contributed by atoms with van der Waals surface area (Å²) in [5.41, 5.74) is 2.70. The molecule has 0 spiro atoms. The molecule has 0 aliphatic carbocycles. The van der Waals surface area contributed by atoms with Gasteiger partial charge in [-0.3, -0.25) is 10.2 Å². The summed E-state index contributed by atoms with van der Waals surface area (Å²) < 4.78 is 38.8. The van der Waals surface area contributed by atoms with Gasteiger partial charge in [-0.25, -0.2) is 9.78 Å². The number of carbonyl (C=O) groups is 1.